The lowest BCUT2D eigenvalue weighted by Crippen LogP contribution is -2.13. The number of anilines is 1. The Labute approximate surface area is 172 Å². The first-order valence-corrected chi connectivity index (χ1v) is 10.9. The summed E-state index contributed by atoms with van der Waals surface area (Å²) in [7, 11) is -4.07. The minimum absolute atomic E-state index is 0.296. The molecule has 0 aliphatic carbocycles. The lowest BCUT2D eigenvalue weighted by molar-refractivity contribution is -0.386. The van der Waals surface area contributed by atoms with Gasteiger partial charge in [0.2, 0.25) is 0 Å². The predicted octanol–water partition coefficient (Wildman–Crippen LogP) is 3.09. The fourth-order valence-corrected chi connectivity index (χ4v) is 4.49. The second kappa shape index (κ2) is 7.75. The number of aryl methyl sites for hydroxylation is 1. The summed E-state index contributed by atoms with van der Waals surface area (Å²) >= 11 is 0. The third-order valence-corrected chi connectivity index (χ3v) is 6.34. The van der Waals surface area contributed by atoms with E-state index in [2.05, 4.69) is 19.5 Å². The van der Waals surface area contributed by atoms with Crippen molar-refractivity contribution in [1.29, 1.82) is 0 Å². The van der Waals surface area contributed by atoms with E-state index < -0.39 is 26.4 Å². The zero-order valence-corrected chi connectivity index (χ0v) is 16.7. The maximum absolute atomic E-state index is 12.6. The maximum atomic E-state index is 12.6. The van der Waals surface area contributed by atoms with E-state index in [-0.39, 0.29) is 4.90 Å². The zero-order valence-electron chi connectivity index (χ0n) is 15.9. The molecule has 0 saturated heterocycles. The van der Waals surface area contributed by atoms with Gasteiger partial charge in [-0.05, 0) is 49.2 Å². The van der Waals surface area contributed by atoms with Crippen LogP contribution in [0, 0.1) is 10.1 Å². The van der Waals surface area contributed by atoms with E-state index in [1.54, 1.807) is 24.3 Å². The first kappa shape index (κ1) is 19.8. The second-order valence-corrected chi connectivity index (χ2v) is 8.68. The van der Waals surface area contributed by atoms with Crippen molar-refractivity contribution >= 4 is 21.4 Å². The average molecular weight is 429 g/mol. The summed E-state index contributed by atoms with van der Waals surface area (Å²) in [6.45, 7) is 0.853. The van der Waals surface area contributed by atoms with E-state index in [4.69, 9.17) is 0 Å². The molecule has 4 rings (SSSR count). The Balaban J connectivity index is 1.58. The van der Waals surface area contributed by atoms with Crippen LogP contribution in [0.25, 0.3) is 11.4 Å². The van der Waals surface area contributed by atoms with Crippen LogP contribution in [0.5, 0.6) is 5.75 Å². The normalized spacial score (nSPS) is 14.0. The SMILES string of the molecule is O=[N+]([O-])c1cc(S(=O)(=O)Nc2ccc(-c3nnc4n3CCCCC4)cc2)ccc1O. The van der Waals surface area contributed by atoms with Crippen LogP contribution in [0.1, 0.15) is 25.1 Å². The largest absolute Gasteiger partial charge is 0.502 e. The van der Waals surface area contributed by atoms with Crippen molar-refractivity contribution in [2.75, 3.05) is 4.72 Å². The molecule has 30 heavy (non-hydrogen) atoms. The molecule has 3 aromatic rings. The van der Waals surface area contributed by atoms with Gasteiger partial charge in [0.1, 0.15) is 5.82 Å². The topological polar surface area (TPSA) is 140 Å². The molecule has 156 valence electrons. The van der Waals surface area contributed by atoms with Crippen molar-refractivity contribution in [3.8, 4) is 17.1 Å². The van der Waals surface area contributed by atoms with Gasteiger partial charge in [-0.1, -0.05) is 6.42 Å². The molecule has 0 spiro atoms. The third kappa shape index (κ3) is 3.83. The summed E-state index contributed by atoms with van der Waals surface area (Å²) in [5.74, 6) is 1.10. The molecule has 1 aromatic heterocycles. The maximum Gasteiger partial charge on any atom is 0.312 e. The van der Waals surface area contributed by atoms with Crippen molar-refractivity contribution in [3.05, 3.63) is 58.4 Å². The van der Waals surface area contributed by atoms with Crippen LogP contribution in [0.15, 0.2) is 47.4 Å². The Hall–Kier alpha value is -3.47. The highest BCUT2D eigenvalue weighted by molar-refractivity contribution is 7.92. The molecule has 2 N–H and O–H groups in total. The molecule has 1 aliphatic heterocycles. The monoisotopic (exact) mass is 429 g/mol. The molecular weight excluding hydrogens is 410 g/mol. The van der Waals surface area contributed by atoms with E-state index in [0.717, 1.165) is 67.6 Å². The standard InChI is InChI=1S/C19H19N5O5S/c25-17-10-9-15(12-16(17)24(26)27)30(28,29)22-14-7-5-13(6-8-14)19-21-20-18-4-2-1-3-11-23(18)19/h5-10,12,22,25H,1-4,11H2. The first-order chi connectivity index (χ1) is 14.3. The van der Waals surface area contributed by atoms with Gasteiger partial charge in [0.25, 0.3) is 10.0 Å². The van der Waals surface area contributed by atoms with E-state index >= 15 is 0 Å². The smallest absolute Gasteiger partial charge is 0.312 e. The first-order valence-electron chi connectivity index (χ1n) is 9.38. The number of nitrogens with zero attached hydrogens (tertiary/aromatic N) is 4. The highest BCUT2D eigenvalue weighted by atomic mass is 32.2. The number of nitro benzene ring substituents is 1. The van der Waals surface area contributed by atoms with Gasteiger partial charge < -0.3 is 9.67 Å². The van der Waals surface area contributed by atoms with Crippen molar-refractivity contribution in [2.24, 2.45) is 0 Å². The lowest BCUT2D eigenvalue weighted by atomic mass is 10.2. The fourth-order valence-electron chi connectivity index (χ4n) is 3.42. The number of fused-ring (bicyclic) bond motifs is 1. The highest BCUT2D eigenvalue weighted by Crippen LogP contribution is 2.29. The molecule has 10 nitrogen and oxygen atoms in total. The Bertz CT molecular complexity index is 1200. The Morgan fingerprint density at radius 3 is 2.57 bits per heavy atom. The average Bonchev–Trinajstić information content (AvgIpc) is 2.96. The number of hydrogen-bond acceptors (Lipinski definition) is 7. The molecule has 0 atom stereocenters. The van der Waals surface area contributed by atoms with Crippen molar-refractivity contribution < 1.29 is 18.4 Å². The van der Waals surface area contributed by atoms with Gasteiger partial charge in [-0.25, -0.2) is 8.42 Å². The summed E-state index contributed by atoms with van der Waals surface area (Å²) in [6, 6.07) is 9.59. The van der Waals surface area contributed by atoms with E-state index in [1.165, 1.54) is 0 Å². The molecule has 0 radical (unpaired) electrons. The van der Waals surface area contributed by atoms with Gasteiger partial charge in [-0.2, -0.15) is 0 Å². The van der Waals surface area contributed by atoms with E-state index in [1.807, 2.05) is 0 Å². The Kier molecular flexibility index (Phi) is 5.12. The van der Waals surface area contributed by atoms with Crippen LogP contribution in [0.4, 0.5) is 11.4 Å². The quantitative estimate of drug-likeness (QED) is 0.469. The number of phenols is 1. The molecule has 0 amide bonds. The highest BCUT2D eigenvalue weighted by Gasteiger charge is 2.22. The minimum Gasteiger partial charge on any atom is -0.502 e. The number of benzene rings is 2. The van der Waals surface area contributed by atoms with Crippen LogP contribution in [-0.2, 0) is 23.0 Å². The summed E-state index contributed by atoms with van der Waals surface area (Å²) in [6.07, 6.45) is 4.20. The van der Waals surface area contributed by atoms with Gasteiger partial charge in [-0.3, -0.25) is 14.8 Å². The van der Waals surface area contributed by atoms with Gasteiger partial charge in [-0.15, -0.1) is 10.2 Å². The molecule has 1 aliphatic rings. The molecule has 0 bridgehead atoms. The third-order valence-electron chi connectivity index (χ3n) is 4.96. The molecule has 0 saturated carbocycles. The van der Waals surface area contributed by atoms with Gasteiger partial charge >= 0.3 is 5.69 Å². The molecule has 2 aromatic carbocycles. The number of phenolic OH excluding ortho intramolecular Hbond substituents is 1. The van der Waals surface area contributed by atoms with Gasteiger partial charge in [0.05, 0.1) is 9.82 Å². The van der Waals surface area contributed by atoms with Crippen LogP contribution in [-0.4, -0.2) is 33.2 Å². The van der Waals surface area contributed by atoms with Crippen molar-refractivity contribution in [1.82, 2.24) is 14.8 Å². The Morgan fingerprint density at radius 2 is 1.83 bits per heavy atom. The van der Waals surface area contributed by atoms with Crippen LogP contribution >= 0.6 is 0 Å². The number of nitrogens with one attached hydrogen (secondary N) is 1. The van der Waals surface area contributed by atoms with Crippen molar-refractivity contribution in [3.63, 3.8) is 0 Å². The summed E-state index contributed by atoms with van der Waals surface area (Å²) in [5, 5.41) is 29.0. The molecule has 11 heteroatoms. The van der Waals surface area contributed by atoms with Crippen LogP contribution < -0.4 is 4.72 Å². The number of rotatable bonds is 5. The molecular formula is C19H19N5O5S. The Morgan fingerprint density at radius 1 is 1.07 bits per heavy atom. The van der Waals surface area contributed by atoms with Gasteiger partial charge in [0, 0.05) is 30.3 Å². The zero-order chi connectivity index (χ0) is 21.3. The number of nitro groups is 1. The number of sulfonamides is 1. The number of aromatic hydroxyl groups is 1. The number of aromatic nitrogens is 3. The van der Waals surface area contributed by atoms with Crippen LogP contribution in [0.3, 0.4) is 0 Å². The molecule has 0 unspecified atom stereocenters. The number of hydrogen-bond donors (Lipinski definition) is 2. The van der Waals surface area contributed by atoms with Crippen LogP contribution in [0.2, 0.25) is 0 Å². The summed E-state index contributed by atoms with van der Waals surface area (Å²) in [5.41, 5.74) is 0.435. The molecule has 0 fully saturated rings. The van der Waals surface area contributed by atoms with Gasteiger partial charge in [0.15, 0.2) is 11.6 Å². The van der Waals surface area contributed by atoms with E-state index in [0.29, 0.717) is 5.69 Å². The lowest BCUT2D eigenvalue weighted by Gasteiger charge is -2.10. The fraction of sp³-hybridized carbons (Fsp3) is 0.263. The minimum atomic E-state index is -4.07. The predicted molar refractivity (Wildman–Crippen MR) is 109 cm³/mol. The summed E-state index contributed by atoms with van der Waals surface area (Å²) < 4.78 is 29.7. The molecule has 2 heterocycles. The van der Waals surface area contributed by atoms with Crippen molar-refractivity contribution in [2.45, 2.75) is 37.1 Å². The summed E-state index contributed by atoms with van der Waals surface area (Å²) in [4.78, 5) is 9.79. The second-order valence-electron chi connectivity index (χ2n) is 6.99. The van der Waals surface area contributed by atoms with E-state index in [9.17, 15) is 23.6 Å².